The fourth-order valence-corrected chi connectivity index (χ4v) is 1.96. The Kier molecular flexibility index (Phi) is 4.76. The molecule has 5 heteroatoms. The van der Waals surface area contributed by atoms with Crippen molar-refractivity contribution in [3.8, 4) is 0 Å². The lowest BCUT2D eigenvalue weighted by Crippen LogP contribution is -2.28. The second-order valence-electron chi connectivity index (χ2n) is 4.79. The highest BCUT2D eigenvalue weighted by Gasteiger charge is 2.18. The average molecular weight is 275 g/mol. The van der Waals surface area contributed by atoms with Crippen molar-refractivity contribution in [1.29, 1.82) is 0 Å². The van der Waals surface area contributed by atoms with Crippen LogP contribution in [-0.4, -0.2) is 33.6 Å². The first kappa shape index (κ1) is 14.6. The number of hydrogen-bond donors (Lipinski definition) is 1. The minimum absolute atomic E-state index is 0.0753. The second-order valence-corrected chi connectivity index (χ2v) is 4.79. The molecule has 2 rings (SSSR count). The Morgan fingerprint density at radius 3 is 2.60 bits per heavy atom. The molecule has 0 fully saturated rings. The van der Waals surface area contributed by atoms with E-state index in [-0.39, 0.29) is 6.04 Å². The molecule has 0 saturated heterocycles. The van der Waals surface area contributed by atoms with Crippen LogP contribution >= 0.6 is 0 Å². The molecular weight excluding hydrogens is 257 g/mol. The molecule has 2 aromatic heterocycles. The van der Waals surface area contributed by atoms with Gasteiger partial charge in [-0.25, -0.2) is 4.39 Å². The van der Waals surface area contributed by atoms with Crippen molar-refractivity contribution in [2.45, 2.75) is 19.1 Å². The number of rotatable bonds is 5. The van der Waals surface area contributed by atoms with Crippen LogP contribution in [0.5, 0.6) is 0 Å². The van der Waals surface area contributed by atoms with Crippen LogP contribution in [0.15, 0.2) is 42.7 Å². The van der Waals surface area contributed by atoms with Gasteiger partial charge in [0.2, 0.25) is 0 Å². The van der Waals surface area contributed by atoms with E-state index in [1.165, 1.54) is 12.1 Å². The van der Waals surface area contributed by atoms with Gasteiger partial charge in [-0.3, -0.25) is 14.9 Å². The zero-order valence-corrected chi connectivity index (χ0v) is 11.6. The molecule has 4 nitrogen and oxygen atoms in total. The molecule has 0 bridgehead atoms. The summed E-state index contributed by atoms with van der Waals surface area (Å²) in [5.41, 5.74) is 1.40. The van der Waals surface area contributed by atoms with Crippen LogP contribution in [0.4, 0.5) is 4.39 Å². The van der Waals surface area contributed by atoms with E-state index < -0.39 is 11.9 Å². The summed E-state index contributed by atoms with van der Waals surface area (Å²) in [4.78, 5) is 10.2. The Hall–Kier alpha value is -1.85. The third-order valence-electron chi connectivity index (χ3n) is 3.33. The number of halogens is 1. The zero-order chi connectivity index (χ0) is 14.5. The van der Waals surface area contributed by atoms with Crippen molar-refractivity contribution in [3.05, 3.63) is 59.9 Å². The maximum Gasteiger partial charge on any atom is 0.141 e. The van der Waals surface area contributed by atoms with Gasteiger partial charge in [0.1, 0.15) is 11.9 Å². The van der Waals surface area contributed by atoms with Gasteiger partial charge in [0.15, 0.2) is 0 Å². The van der Waals surface area contributed by atoms with Gasteiger partial charge in [-0.05, 0) is 38.2 Å². The van der Waals surface area contributed by atoms with E-state index in [0.717, 1.165) is 11.9 Å². The Morgan fingerprint density at radius 2 is 2.00 bits per heavy atom. The molecule has 2 atom stereocenters. The van der Waals surface area contributed by atoms with Crippen molar-refractivity contribution in [2.24, 2.45) is 0 Å². The first-order valence-corrected chi connectivity index (χ1v) is 6.48. The lowest BCUT2D eigenvalue weighted by Gasteiger charge is -2.26. The van der Waals surface area contributed by atoms with Crippen molar-refractivity contribution in [2.75, 3.05) is 13.6 Å². The van der Waals surface area contributed by atoms with E-state index in [9.17, 15) is 9.50 Å². The SMILES string of the molecule is C[C@H](c1ccccn1)N(C)C[C@@H](O)c1ccc(F)cn1. The van der Waals surface area contributed by atoms with Crippen molar-refractivity contribution in [1.82, 2.24) is 14.9 Å². The third kappa shape index (κ3) is 3.59. The molecule has 20 heavy (non-hydrogen) atoms. The minimum Gasteiger partial charge on any atom is -0.385 e. The van der Waals surface area contributed by atoms with Crippen LogP contribution in [0.1, 0.15) is 30.5 Å². The summed E-state index contributed by atoms with van der Waals surface area (Å²) in [6.07, 6.45) is 2.10. The molecule has 0 radical (unpaired) electrons. The molecule has 2 heterocycles. The summed E-state index contributed by atoms with van der Waals surface area (Å²) in [6, 6.07) is 8.63. The number of likely N-dealkylation sites (N-methyl/N-ethyl adjacent to an activating group) is 1. The van der Waals surface area contributed by atoms with Gasteiger partial charge in [-0.1, -0.05) is 6.07 Å². The van der Waals surface area contributed by atoms with Crippen LogP contribution in [-0.2, 0) is 0 Å². The van der Waals surface area contributed by atoms with Crippen molar-refractivity contribution < 1.29 is 9.50 Å². The van der Waals surface area contributed by atoms with Crippen molar-refractivity contribution in [3.63, 3.8) is 0 Å². The van der Waals surface area contributed by atoms with Crippen LogP contribution in [0.25, 0.3) is 0 Å². The Balaban J connectivity index is 2.00. The first-order chi connectivity index (χ1) is 9.58. The highest BCUT2D eigenvalue weighted by atomic mass is 19.1. The third-order valence-corrected chi connectivity index (χ3v) is 3.33. The average Bonchev–Trinajstić information content (AvgIpc) is 2.48. The highest BCUT2D eigenvalue weighted by molar-refractivity contribution is 5.10. The largest absolute Gasteiger partial charge is 0.385 e. The molecule has 2 aromatic rings. The summed E-state index contributed by atoms with van der Waals surface area (Å²) in [7, 11) is 1.91. The topological polar surface area (TPSA) is 49.2 Å². The van der Waals surface area contributed by atoms with E-state index in [4.69, 9.17) is 0 Å². The summed E-state index contributed by atoms with van der Waals surface area (Å²) < 4.78 is 12.8. The Labute approximate surface area is 117 Å². The highest BCUT2D eigenvalue weighted by Crippen LogP contribution is 2.19. The number of pyridine rings is 2. The molecule has 0 unspecified atom stereocenters. The summed E-state index contributed by atoms with van der Waals surface area (Å²) in [6.45, 7) is 2.42. The van der Waals surface area contributed by atoms with Crippen LogP contribution in [0.3, 0.4) is 0 Å². The number of hydrogen-bond acceptors (Lipinski definition) is 4. The second kappa shape index (κ2) is 6.54. The quantitative estimate of drug-likeness (QED) is 0.910. The minimum atomic E-state index is -0.758. The Morgan fingerprint density at radius 1 is 1.20 bits per heavy atom. The molecule has 0 aliphatic rings. The maximum atomic E-state index is 12.8. The van der Waals surface area contributed by atoms with Gasteiger partial charge >= 0.3 is 0 Å². The van der Waals surface area contributed by atoms with Crippen molar-refractivity contribution >= 4 is 0 Å². The molecule has 0 aromatic carbocycles. The summed E-state index contributed by atoms with van der Waals surface area (Å²) in [5.74, 6) is -0.406. The van der Waals surface area contributed by atoms with Crippen LogP contribution in [0.2, 0.25) is 0 Å². The van der Waals surface area contributed by atoms with Crippen LogP contribution in [0, 0.1) is 5.82 Å². The normalized spacial score (nSPS) is 14.2. The lowest BCUT2D eigenvalue weighted by molar-refractivity contribution is 0.104. The van der Waals surface area contributed by atoms with Gasteiger partial charge in [0.05, 0.1) is 17.6 Å². The summed E-state index contributed by atoms with van der Waals surface area (Å²) >= 11 is 0. The van der Waals surface area contributed by atoms with Gasteiger partial charge in [0, 0.05) is 18.8 Å². The fraction of sp³-hybridized carbons (Fsp3) is 0.333. The van der Waals surface area contributed by atoms with Gasteiger partial charge in [0.25, 0.3) is 0 Å². The van der Waals surface area contributed by atoms with Gasteiger partial charge in [-0.2, -0.15) is 0 Å². The number of aromatic nitrogens is 2. The Bertz CT molecular complexity index is 533. The molecular formula is C15H18FN3O. The zero-order valence-electron chi connectivity index (χ0n) is 11.6. The smallest absolute Gasteiger partial charge is 0.141 e. The predicted molar refractivity (Wildman–Crippen MR) is 74.4 cm³/mol. The number of nitrogens with zero attached hydrogens (tertiary/aromatic N) is 3. The standard InChI is InChI=1S/C15H18FN3O/c1-11(13-5-3-4-8-17-13)19(2)10-15(20)14-7-6-12(16)9-18-14/h3-9,11,15,20H,10H2,1-2H3/t11-,15-/m1/s1. The molecule has 106 valence electrons. The molecule has 0 aliphatic carbocycles. The molecule has 0 aliphatic heterocycles. The molecule has 0 spiro atoms. The predicted octanol–water partition coefficient (Wildman–Crippen LogP) is 2.34. The first-order valence-electron chi connectivity index (χ1n) is 6.48. The van der Waals surface area contributed by atoms with E-state index in [1.54, 1.807) is 6.20 Å². The monoisotopic (exact) mass is 275 g/mol. The maximum absolute atomic E-state index is 12.8. The summed E-state index contributed by atoms with van der Waals surface area (Å²) in [5, 5.41) is 10.1. The van der Waals surface area contributed by atoms with E-state index in [2.05, 4.69) is 9.97 Å². The number of aliphatic hydroxyl groups excluding tert-OH is 1. The van der Waals surface area contributed by atoms with E-state index in [0.29, 0.717) is 12.2 Å². The van der Waals surface area contributed by atoms with Gasteiger partial charge in [-0.15, -0.1) is 0 Å². The molecule has 0 amide bonds. The lowest BCUT2D eigenvalue weighted by atomic mass is 10.1. The van der Waals surface area contributed by atoms with Gasteiger partial charge < -0.3 is 5.11 Å². The van der Waals surface area contributed by atoms with E-state index >= 15 is 0 Å². The molecule has 0 saturated carbocycles. The number of aliphatic hydroxyl groups is 1. The van der Waals surface area contributed by atoms with Crippen LogP contribution < -0.4 is 0 Å². The van der Waals surface area contributed by atoms with E-state index in [1.807, 2.05) is 37.1 Å². The fourth-order valence-electron chi connectivity index (χ4n) is 1.96. The molecule has 1 N–H and O–H groups in total.